The van der Waals surface area contributed by atoms with Crippen molar-refractivity contribution in [1.82, 2.24) is 9.91 Å². The molecule has 51 heavy (non-hydrogen) atoms. The zero-order chi connectivity index (χ0) is 35.6. The zero-order valence-electron chi connectivity index (χ0n) is 27.5. The van der Waals surface area contributed by atoms with Gasteiger partial charge in [0.1, 0.15) is 11.5 Å². The third-order valence-corrected chi connectivity index (χ3v) is 11.6. The summed E-state index contributed by atoms with van der Waals surface area (Å²) in [6.45, 7) is 0.158. The summed E-state index contributed by atoms with van der Waals surface area (Å²) in [5, 5.41) is 12.0. The number of imide groups is 2. The minimum Gasteiger partial charge on any atom is -0.508 e. The van der Waals surface area contributed by atoms with Gasteiger partial charge < -0.3 is 9.84 Å². The first kappa shape index (κ1) is 33.0. The van der Waals surface area contributed by atoms with E-state index < -0.39 is 46.8 Å². The van der Waals surface area contributed by atoms with E-state index in [2.05, 4.69) is 5.43 Å². The predicted octanol–water partition coefficient (Wildman–Crippen LogP) is 6.89. The van der Waals surface area contributed by atoms with Crippen molar-refractivity contribution in [2.24, 2.45) is 23.7 Å². The monoisotopic (exact) mass is 721 g/mol. The highest BCUT2D eigenvalue weighted by Gasteiger charge is 2.70. The standard InChI is InChI=1S/C40H33Cl2N3O6/c1-51-27-14-9-24(10-15-27)40-31(37(48)45(39(40)50)43-33-18-11-25(41)19-32(33)42)20-30-28(35(40)23-7-12-26(46)13-8-23)16-17-29-34(30)38(49)44(36(29)47)21-22-5-3-2-4-6-22/h2-16,18-19,29-31,34-35,43,46H,17,20-21H2,1H3. The number of fused-ring (bicyclic) bond motifs is 4. The normalized spacial score (nSPS) is 26.8. The first-order valence-electron chi connectivity index (χ1n) is 16.8. The Labute approximate surface area is 304 Å². The van der Waals surface area contributed by atoms with Gasteiger partial charge in [-0.3, -0.25) is 29.5 Å². The molecule has 1 saturated carbocycles. The lowest BCUT2D eigenvalue weighted by atomic mass is 9.49. The molecule has 4 aromatic carbocycles. The van der Waals surface area contributed by atoms with E-state index in [0.717, 1.165) is 16.1 Å². The number of ether oxygens (including phenoxy) is 1. The maximum atomic E-state index is 15.3. The third kappa shape index (κ3) is 5.13. The molecule has 0 radical (unpaired) electrons. The molecule has 2 aliphatic heterocycles. The molecule has 0 bridgehead atoms. The molecule has 2 saturated heterocycles. The van der Waals surface area contributed by atoms with E-state index in [4.69, 9.17) is 27.9 Å². The lowest BCUT2D eigenvalue weighted by Gasteiger charge is -2.50. The van der Waals surface area contributed by atoms with Gasteiger partial charge in [0.15, 0.2) is 0 Å². The lowest BCUT2D eigenvalue weighted by Crippen LogP contribution is -2.53. The van der Waals surface area contributed by atoms with Crippen LogP contribution in [-0.4, -0.2) is 45.8 Å². The number of aromatic hydroxyl groups is 1. The van der Waals surface area contributed by atoms with Gasteiger partial charge in [0.05, 0.1) is 47.5 Å². The second-order valence-corrected chi connectivity index (χ2v) is 14.4. The van der Waals surface area contributed by atoms with E-state index >= 15 is 4.79 Å². The maximum absolute atomic E-state index is 15.3. The van der Waals surface area contributed by atoms with E-state index in [0.29, 0.717) is 34.0 Å². The quantitative estimate of drug-likeness (QED) is 0.158. The van der Waals surface area contributed by atoms with Crippen molar-refractivity contribution in [2.75, 3.05) is 12.5 Å². The molecule has 2 N–H and O–H groups in total. The second kappa shape index (κ2) is 12.6. The van der Waals surface area contributed by atoms with Gasteiger partial charge in [0.2, 0.25) is 11.8 Å². The minimum absolute atomic E-state index is 0.0430. The molecule has 2 heterocycles. The fourth-order valence-electron chi connectivity index (χ4n) is 8.87. The van der Waals surface area contributed by atoms with Crippen LogP contribution in [-0.2, 0) is 31.1 Å². The number of nitrogens with zero attached hydrogens (tertiary/aromatic N) is 2. The molecule has 9 nitrogen and oxygen atoms in total. The number of phenols is 1. The van der Waals surface area contributed by atoms with Gasteiger partial charge >= 0.3 is 0 Å². The fraction of sp³-hybridized carbons (Fsp3) is 0.250. The van der Waals surface area contributed by atoms with Crippen LogP contribution in [0.4, 0.5) is 5.69 Å². The van der Waals surface area contributed by atoms with Crippen LogP contribution >= 0.6 is 23.2 Å². The number of benzene rings is 4. The summed E-state index contributed by atoms with van der Waals surface area (Å²) in [6.07, 6.45) is 2.48. The number of hydrogen-bond acceptors (Lipinski definition) is 7. The Kier molecular flexibility index (Phi) is 8.15. The third-order valence-electron chi connectivity index (χ3n) is 11.1. The number of nitrogens with one attached hydrogen (secondary N) is 1. The van der Waals surface area contributed by atoms with Gasteiger partial charge in [0.25, 0.3) is 11.8 Å². The summed E-state index contributed by atoms with van der Waals surface area (Å²) >= 11 is 12.7. The number of methoxy groups -OCH3 is 1. The van der Waals surface area contributed by atoms with Gasteiger partial charge in [-0.15, -0.1) is 0 Å². The van der Waals surface area contributed by atoms with Crippen molar-refractivity contribution in [3.63, 3.8) is 0 Å². The molecular weight excluding hydrogens is 689 g/mol. The van der Waals surface area contributed by atoms with Crippen LogP contribution in [0.3, 0.4) is 0 Å². The number of hydrogen-bond donors (Lipinski definition) is 2. The highest BCUT2D eigenvalue weighted by atomic mass is 35.5. The van der Waals surface area contributed by atoms with Crippen LogP contribution in [0.5, 0.6) is 11.5 Å². The second-order valence-electron chi connectivity index (χ2n) is 13.6. The van der Waals surface area contributed by atoms with E-state index in [1.807, 2.05) is 48.5 Å². The largest absolute Gasteiger partial charge is 0.508 e. The molecule has 6 atom stereocenters. The lowest BCUT2D eigenvalue weighted by molar-refractivity contribution is -0.142. The zero-order valence-corrected chi connectivity index (χ0v) is 29.0. The van der Waals surface area contributed by atoms with E-state index in [1.54, 1.807) is 55.6 Å². The molecule has 0 spiro atoms. The summed E-state index contributed by atoms with van der Waals surface area (Å²) in [6, 6.07) is 27.9. The number of carbonyl (C=O) groups excluding carboxylic acids is 4. The summed E-state index contributed by atoms with van der Waals surface area (Å²) in [7, 11) is 1.55. The highest BCUT2D eigenvalue weighted by molar-refractivity contribution is 6.36. The van der Waals surface area contributed by atoms with E-state index in [-0.39, 0.29) is 35.6 Å². The van der Waals surface area contributed by atoms with Crippen LogP contribution in [0.2, 0.25) is 10.0 Å². The summed E-state index contributed by atoms with van der Waals surface area (Å²) in [5.74, 6) is -4.32. The minimum atomic E-state index is -1.48. The molecule has 3 fully saturated rings. The number of amides is 4. The number of rotatable bonds is 7. The Balaban J connectivity index is 1.30. The van der Waals surface area contributed by atoms with Gasteiger partial charge in [0, 0.05) is 10.9 Å². The molecule has 4 aliphatic rings. The number of hydrazine groups is 1. The molecule has 258 valence electrons. The summed E-state index contributed by atoms with van der Waals surface area (Å²) in [5.41, 5.74) is 4.79. The van der Waals surface area contributed by atoms with Crippen LogP contribution < -0.4 is 10.2 Å². The molecule has 11 heteroatoms. The Morgan fingerprint density at radius 1 is 0.863 bits per heavy atom. The van der Waals surface area contributed by atoms with Crippen molar-refractivity contribution in [1.29, 1.82) is 0 Å². The first-order chi connectivity index (χ1) is 24.6. The van der Waals surface area contributed by atoms with Crippen molar-refractivity contribution in [3.8, 4) is 11.5 Å². The van der Waals surface area contributed by atoms with Gasteiger partial charge in [-0.1, -0.05) is 89.4 Å². The van der Waals surface area contributed by atoms with Crippen molar-refractivity contribution >= 4 is 52.5 Å². The molecule has 6 unspecified atom stereocenters. The number of likely N-dealkylation sites (tertiary alicyclic amines) is 1. The van der Waals surface area contributed by atoms with E-state index in [9.17, 15) is 19.5 Å². The van der Waals surface area contributed by atoms with Crippen molar-refractivity contribution in [2.45, 2.75) is 30.7 Å². The molecule has 0 aromatic heterocycles. The van der Waals surface area contributed by atoms with Gasteiger partial charge in [-0.25, -0.2) is 0 Å². The smallest absolute Gasteiger partial charge is 0.260 e. The average molecular weight is 723 g/mol. The molecular formula is C40H33Cl2N3O6. The van der Waals surface area contributed by atoms with Crippen LogP contribution in [0, 0.1) is 23.7 Å². The van der Waals surface area contributed by atoms with E-state index in [1.165, 1.54) is 11.0 Å². The van der Waals surface area contributed by atoms with Crippen LogP contribution in [0.25, 0.3) is 0 Å². The van der Waals surface area contributed by atoms with Gasteiger partial charge in [-0.05, 0) is 77.9 Å². The molecule has 8 rings (SSSR count). The molecule has 2 aliphatic carbocycles. The number of halogens is 2. The van der Waals surface area contributed by atoms with Crippen molar-refractivity contribution in [3.05, 3.63) is 135 Å². The number of phenolic OH excluding ortho intramolecular Hbond substituents is 1. The highest BCUT2D eigenvalue weighted by Crippen LogP contribution is 2.64. The SMILES string of the molecule is COc1ccc(C23C(=O)N(Nc4ccc(Cl)cc4Cl)C(=O)C2CC2C(=CCC4C(=O)N(Cc5ccccc5)C(=O)C42)C3c2ccc(O)cc2)cc1. The average Bonchev–Trinajstić information content (AvgIpc) is 3.50. The Morgan fingerprint density at radius 3 is 2.27 bits per heavy atom. The maximum Gasteiger partial charge on any atom is 0.260 e. The predicted molar refractivity (Wildman–Crippen MR) is 191 cm³/mol. The van der Waals surface area contributed by atoms with Gasteiger partial charge in [-0.2, -0.15) is 5.01 Å². The summed E-state index contributed by atoms with van der Waals surface area (Å²) < 4.78 is 5.46. The molecule has 4 aromatic rings. The Bertz CT molecular complexity index is 2100. The van der Waals surface area contributed by atoms with Crippen molar-refractivity contribution < 1.29 is 29.0 Å². The summed E-state index contributed by atoms with van der Waals surface area (Å²) in [4.78, 5) is 59.7. The van der Waals surface area contributed by atoms with Crippen LogP contribution in [0.1, 0.15) is 35.4 Å². The Morgan fingerprint density at radius 2 is 1.59 bits per heavy atom. The Hall–Kier alpha value is -5.12. The topological polar surface area (TPSA) is 116 Å². The molecule has 4 amide bonds. The fourth-order valence-corrected chi connectivity index (χ4v) is 9.32. The van der Waals surface area contributed by atoms with Crippen LogP contribution in [0.15, 0.2) is 109 Å². The number of carbonyl (C=O) groups is 4. The number of anilines is 1. The first-order valence-corrected chi connectivity index (χ1v) is 17.5. The number of allylic oxidation sites excluding steroid dienone is 2.